The molecule has 0 N–H and O–H groups in total. The van der Waals surface area contributed by atoms with Crippen molar-refractivity contribution in [2.24, 2.45) is 28.2 Å². The first-order valence-corrected chi connectivity index (χ1v) is 8.40. The largest absolute Gasteiger partial charge is 0.322 e. The molecule has 0 amide bonds. The Morgan fingerprint density at radius 2 is 1.74 bits per heavy atom. The van der Waals surface area contributed by atoms with Gasteiger partial charge in [0.25, 0.3) is 0 Å². The molecular weight excluding hydrogens is 320 g/mol. The number of nitrogens with zero attached hydrogens (tertiary/aromatic N) is 2. The molecule has 4 fully saturated rings. The molecule has 4 bridgehead atoms. The zero-order valence-corrected chi connectivity index (χ0v) is 13.7. The van der Waals surface area contributed by atoms with Crippen LogP contribution in [0.4, 0.5) is 0 Å². The van der Waals surface area contributed by atoms with Crippen LogP contribution in [-0.2, 0) is 0 Å². The number of allylic oxidation sites excluding steroid dienone is 1. The third kappa shape index (κ3) is 1.71. The number of fused-ring (bicyclic) bond motifs is 1. The molecule has 0 saturated heterocycles. The van der Waals surface area contributed by atoms with Crippen LogP contribution >= 0.6 is 28.7 Å². The second-order valence-electron chi connectivity index (χ2n) is 7.13. The summed E-state index contributed by atoms with van der Waals surface area (Å²) in [6.07, 6.45) is 9.07. The van der Waals surface area contributed by atoms with Gasteiger partial charge in [-0.25, -0.2) is 0 Å². The van der Waals surface area contributed by atoms with Crippen LogP contribution < -0.4 is 0 Å². The van der Waals surface area contributed by atoms with Crippen LogP contribution in [0.5, 0.6) is 0 Å². The normalized spacial score (nSPS) is 45.9. The second kappa shape index (κ2) is 4.27. The Balaban J connectivity index is 0.000000968. The monoisotopic (exact) mass is 340 g/mol. The third-order valence-corrected chi connectivity index (χ3v) is 6.85. The van der Waals surface area contributed by atoms with Gasteiger partial charge >= 0.3 is 0 Å². The van der Waals surface area contributed by atoms with E-state index in [9.17, 15) is 0 Å². The summed E-state index contributed by atoms with van der Waals surface area (Å²) >= 11 is 1.88. The highest BCUT2D eigenvalue weighted by atomic mass is 79.9. The van der Waals surface area contributed by atoms with Crippen LogP contribution in [0.25, 0.3) is 0 Å². The lowest BCUT2D eigenvalue weighted by atomic mass is 9.48. The SMILES string of the molecule is Br.C1=C(C23CC4CC(CC(C4)C2)C3)N2CCN=C2S1. The van der Waals surface area contributed by atoms with Crippen molar-refractivity contribution in [3.63, 3.8) is 0 Å². The fourth-order valence-electron chi connectivity index (χ4n) is 5.76. The van der Waals surface area contributed by atoms with Crippen molar-refractivity contribution in [2.75, 3.05) is 13.1 Å². The molecule has 0 aromatic heterocycles. The minimum absolute atomic E-state index is 0. The number of hydrogen-bond acceptors (Lipinski definition) is 3. The zero-order valence-electron chi connectivity index (χ0n) is 11.2. The van der Waals surface area contributed by atoms with E-state index in [0.29, 0.717) is 5.41 Å². The maximum Gasteiger partial charge on any atom is 0.167 e. The molecule has 2 heterocycles. The van der Waals surface area contributed by atoms with Crippen LogP contribution in [0.15, 0.2) is 16.1 Å². The molecule has 19 heavy (non-hydrogen) atoms. The van der Waals surface area contributed by atoms with Crippen molar-refractivity contribution in [1.29, 1.82) is 0 Å². The average molecular weight is 341 g/mol. The van der Waals surface area contributed by atoms with Crippen LogP contribution in [0.1, 0.15) is 38.5 Å². The summed E-state index contributed by atoms with van der Waals surface area (Å²) in [4.78, 5) is 7.18. The molecule has 104 valence electrons. The van der Waals surface area contributed by atoms with E-state index in [1.54, 1.807) is 25.0 Å². The van der Waals surface area contributed by atoms with Gasteiger partial charge in [0, 0.05) is 17.7 Å². The van der Waals surface area contributed by atoms with Crippen LogP contribution in [0, 0.1) is 23.2 Å². The molecular formula is C15H21BrN2S. The zero-order chi connectivity index (χ0) is 11.7. The summed E-state index contributed by atoms with van der Waals surface area (Å²) < 4.78 is 0. The highest BCUT2D eigenvalue weighted by Gasteiger charge is 2.54. The summed E-state index contributed by atoms with van der Waals surface area (Å²) in [5.74, 6) is 3.14. The van der Waals surface area contributed by atoms with Crippen molar-refractivity contribution < 1.29 is 0 Å². The number of halogens is 1. The highest BCUT2D eigenvalue weighted by molar-refractivity contribution is 8.93. The lowest BCUT2D eigenvalue weighted by molar-refractivity contribution is -0.0389. The fourth-order valence-corrected chi connectivity index (χ4v) is 6.84. The van der Waals surface area contributed by atoms with E-state index in [4.69, 9.17) is 0 Å². The van der Waals surface area contributed by atoms with Gasteiger partial charge in [0.1, 0.15) is 0 Å². The van der Waals surface area contributed by atoms with Crippen LogP contribution in [-0.4, -0.2) is 23.2 Å². The summed E-state index contributed by atoms with van der Waals surface area (Å²) in [7, 11) is 0. The summed E-state index contributed by atoms with van der Waals surface area (Å²) in [6, 6.07) is 0. The van der Waals surface area contributed by atoms with Gasteiger partial charge in [-0.2, -0.15) is 0 Å². The predicted molar refractivity (Wildman–Crippen MR) is 85.6 cm³/mol. The predicted octanol–water partition coefficient (Wildman–Crippen LogP) is 4.04. The Bertz CT molecular complexity index is 435. The quantitative estimate of drug-likeness (QED) is 0.715. The van der Waals surface area contributed by atoms with Crippen LogP contribution in [0.3, 0.4) is 0 Å². The van der Waals surface area contributed by atoms with Gasteiger partial charge in [-0.3, -0.25) is 4.99 Å². The lowest BCUT2D eigenvalue weighted by Gasteiger charge is -2.58. The first-order valence-electron chi connectivity index (χ1n) is 7.52. The minimum Gasteiger partial charge on any atom is -0.322 e. The van der Waals surface area contributed by atoms with Crippen molar-refractivity contribution in [3.8, 4) is 0 Å². The van der Waals surface area contributed by atoms with Crippen molar-refractivity contribution in [2.45, 2.75) is 38.5 Å². The van der Waals surface area contributed by atoms with Gasteiger partial charge in [0.05, 0.1) is 6.54 Å². The molecule has 4 heteroatoms. The Kier molecular flexibility index (Phi) is 2.86. The first-order chi connectivity index (χ1) is 8.82. The minimum atomic E-state index is 0. The molecule has 0 aromatic carbocycles. The standard InChI is InChI=1S/C15H20N2S.BrH/c1-2-17-13(9-18-14(17)16-1)15-6-10-3-11(7-15)5-12(4-10)8-15;/h9-12H,1-8H2;1H. The smallest absolute Gasteiger partial charge is 0.167 e. The van der Waals surface area contributed by atoms with Crippen molar-refractivity contribution >= 4 is 33.9 Å². The van der Waals surface area contributed by atoms with Gasteiger partial charge in [-0.1, -0.05) is 11.8 Å². The summed E-state index contributed by atoms with van der Waals surface area (Å²) in [5, 5.41) is 3.74. The van der Waals surface area contributed by atoms with Crippen molar-refractivity contribution in [3.05, 3.63) is 11.1 Å². The Hall–Kier alpha value is 0.0400. The van der Waals surface area contributed by atoms with E-state index >= 15 is 0 Å². The van der Waals surface area contributed by atoms with Gasteiger partial charge in [-0.05, 0) is 61.7 Å². The molecule has 0 aromatic rings. The first kappa shape index (κ1) is 12.8. The van der Waals surface area contributed by atoms with Crippen molar-refractivity contribution in [1.82, 2.24) is 4.90 Å². The number of rotatable bonds is 1. The molecule has 0 unspecified atom stereocenters. The molecule has 0 radical (unpaired) electrons. The molecule has 2 nitrogen and oxygen atoms in total. The van der Waals surface area contributed by atoms with Crippen LogP contribution in [0.2, 0.25) is 0 Å². The molecule has 6 aliphatic rings. The van der Waals surface area contributed by atoms with Gasteiger partial charge in [-0.15, -0.1) is 17.0 Å². The van der Waals surface area contributed by atoms with Gasteiger partial charge in [0.2, 0.25) is 0 Å². The van der Waals surface area contributed by atoms with E-state index in [1.807, 2.05) is 11.8 Å². The average Bonchev–Trinajstić information content (AvgIpc) is 2.87. The number of aliphatic imine (C=N–C) groups is 1. The molecule has 0 spiro atoms. The Morgan fingerprint density at radius 3 is 2.37 bits per heavy atom. The van der Waals surface area contributed by atoms with Gasteiger partial charge in [0.15, 0.2) is 5.17 Å². The highest BCUT2D eigenvalue weighted by Crippen LogP contribution is 2.64. The van der Waals surface area contributed by atoms with E-state index in [1.165, 1.54) is 24.4 Å². The van der Waals surface area contributed by atoms with E-state index < -0.39 is 0 Å². The lowest BCUT2D eigenvalue weighted by Crippen LogP contribution is -2.49. The van der Waals surface area contributed by atoms with Gasteiger partial charge < -0.3 is 4.90 Å². The molecule has 4 saturated carbocycles. The number of amidine groups is 1. The topological polar surface area (TPSA) is 15.6 Å². The summed E-state index contributed by atoms with van der Waals surface area (Å²) in [5.41, 5.74) is 2.23. The Labute approximate surface area is 129 Å². The third-order valence-electron chi connectivity index (χ3n) is 5.95. The van der Waals surface area contributed by atoms with E-state index in [-0.39, 0.29) is 17.0 Å². The van der Waals surface area contributed by atoms with E-state index in [2.05, 4.69) is 15.3 Å². The number of thioether (sulfide) groups is 1. The molecule has 2 aliphatic heterocycles. The second-order valence-corrected chi connectivity index (χ2v) is 7.97. The maximum atomic E-state index is 4.63. The molecule has 4 aliphatic carbocycles. The fraction of sp³-hybridized carbons (Fsp3) is 0.800. The van der Waals surface area contributed by atoms with E-state index in [0.717, 1.165) is 30.8 Å². The molecule has 6 rings (SSSR count). The number of hydrogen-bond donors (Lipinski definition) is 0. The molecule has 0 atom stereocenters. The maximum absolute atomic E-state index is 4.63. The summed E-state index contributed by atoms with van der Waals surface area (Å²) in [6.45, 7) is 2.17. The Morgan fingerprint density at radius 1 is 1.11 bits per heavy atom.